The second-order valence-corrected chi connectivity index (χ2v) is 6.64. The standard InChI is InChI=1S/C19H19N7O3/c1-8-15-13(26-19(21)23-8)6-12(24-17(15)28)10-4-3-9(27)5-11(10)14-7-22-16(20)18(25-14)29-2/h3-5,7,12,27H,6H2,1-2H3,(H2,20,22)(H,24,28)(H2,21,23,26). The van der Waals surface area contributed by atoms with Gasteiger partial charge in [0.15, 0.2) is 5.82 Å². The van der Waals surface area contributed by atoms with Gasteiger partial charge in [-0.2, -0.15) is 0 Å². The van der Waals surface area contributed by atoms with Crippen molar-refractivity contribution in [1.29, 1.82) is 0 Å². The maximum absolute atomic E-state index is 12.7. The van der Waals surface area contributed by atoms with Crippen LogP contribution in [0.25, 0.3) is 11.3 Å². The summed E-state index contributed by atoms with van der Waals surface area (Å²) in [6, 6.07) is 4.41. The third-order valence-electron chi connectivity index (χ3n) is 4.76. The number of anilines is 2. The highest BCUT2D eigenvalue weighted by molar-refractivity contribution is 5.98. The number of carbonyl (C=O) groups excluding carboxylic acids is 1. The molecular formula is C19H19N7O3. The molecule has 1 aliphatic heterocycles. The monoisotopic (exact) mass is 393 g/mol. The summed E-state index contributed by atoms with van der Waals surface area (Å²) in [6.07, 6.45) is 1.89. The Morgan fingerprint density at radius 3 is 2.79 bits per heavy atom. The fourth-order valence-corrected chi connectivity index (χ4v) is 3.49. The van der Waals surface area contributed by atoms with Gasteiger partial charge in [0.2, 0.25) is 5.95 Å². The van der Waals surface area contributed by atoms with Crippen molar-refractivity contribution in [3.63, 3.8) is 0 Å². The van der Waals surface area contributed by atoms with Crippen LogP contribution in [-0.2, 0) is 6.42 Å². The normalized spacial score (nSPS) is 15.5. The first kappa shape index (κ1) is 18.4. The van der Waals surface area contributed by atoms with E-state index in [0.717, 1.165) is 5.56 Å². The predicted octanol–water partition coefficient (Wildman–Crippen LogP) is 1.15. The number of aromatic hydroxyl groups is 1. The van der Waals surface area contributed by atoms with Gasteiger partial charge in [-0.15, -0.1) is 0 Å². The highest BCUT2D eigenvalue weighted by Crippen LogP contribution is 2.35. The summed E-state index contributed by atoms with van der Waals surface area (Å²) in [5.74, 6) is 0.210. The summed E-state index contributed by atoms with van der Waals surface area (Å²) < 4.78 is 5.15. The molecule has 0 fully saturated rings. The fourth-order valence-electron chi connectivity index (χ4n) is 3.49. The zero-order valence-corrected chi connectivity index (χ0v) is 15.8. The van der Waals surface area contributed by atoms with Crippen molar-refractivity contribution in [1.82, 2.24) is 25.3 Å². The number of rotatable bonds is 3. The Bertz CT molecular complexity index is 1130. The third-order valence-corrected chi connectivity index (χ3v) is 4.76. The van der Waals surface area contributed by atoms with Gasteiger partial charge in [-0.3, -0.25) is 4.79 Å². The van der Waals surface area contributed by atoms with Gasteiger partial charge in [0.1, 0.15) is 5.75 Å². The average Bonchev–Trinajstić information content (AvgIpc) is 2.67. The molecule has 1 atom stereocenters. The molecule has 0 saturated heterocycles. The molecule has 0 bridgehead atoms. The highest BCUT2D eigenvalue weighted by atomic mass is 16.5. The Labute approximate surface area is 166 Å². The lowest BCUT2D eigenvalue weighted by Crippen LogP contribution is -2.37. The molecule has 10 heteroatoms. The molecule has 148 valence electrons. The number of hydrogen-bond donors (Lipinski definition) is 4. The lowest BCUT2D eigenvalue weighted by atomic mass is 9.90. The number of amides is 1. The topological polar surface area (TPSA) is 162 Å². The average molecular weight is 393 g/mol. The van der Waals surface area contributed by atoms with E-state index in [1.54, 1.807) is 25.1 Å². The van der Waals surface area contributed by atoms with Gasteiger partial charge in [0, 0.05) is 12.0 Å². The van der Waals surface area contributed by atoms with Crippen LogP contribution in [-0.4, -0.2) is 38.1 Å². The number of nitrogen functional groups attached to an aromatic ring is 2. The molecule has 4 rings (SSSR count). The van der Waals surface area contributed by atoms with Gasteiger partial charge in [-0.05, 0) is 24.6 Å². The van der Waals surface area contributed by atoms with E-state index in [9.17, 15) is 9.90 Å². The molecule has 29 heavy (non-hydrogen) atoms. The molecule has 0 radical (unpaired) electrons. The SMILES string of the molecule is COc1nc(-c2cc(O)ccc2C2Cc3nc(N)nc(C)c3C(=O)N2)cnc1N. The smallest absolute Gasteiger partial charge is 0.257 e. The Kier molecular flexibility index (Phi) is 4.38. The maximum atomic E-state index is 12.7. The van der Waals surface area contributed by atoms with Crippen molar-refractivity contribution in [3.05, 3.63) is 46.9 Å². The largest absolute Gasteiger partial charge is 0.508 e. The molecule has 1 aromatic carbocycles. The minimum atomic E-state index is -0.412. The molecular weight excluding hydrogens is 374 g/mol. The Morgan fingerprint density at radius 1 is 1.24 bits per heavy atom. The van der Waals surface area contributed by atoms with Crippen LogP contribution in [0.2, 0.25) is 0 Å². The van der Waals surface area contributed by atoms with Crippen LogP contribution in [0.1, 0.15) is 33.4 Å². The summed E-state index contributed by atoms with van der Waals surface area (Å²) in [5, 5.41) is 13.0. The molecule has 2 aromatic heterocycles. The van der Waals surface area contributed by atoms with Crippen LogP contribution in [0.5, 0.6) is 11.6 Å². The van der Waals surface area contributed by atoms with Crippen LogP contribution < -0.4 is 21.5 Å². The minimum Gasteiger partial charge on any atom is -0.508 e. The van der Waals surface area contributed by atoms with Gasteiger partial charge in [-0.1, -0.05) is 6.07 Å². The van der Waals surface area contributed by atoms with E-state index in [1.807, 2.05) is 0 Å². The summed E-state index contributed by atoms with van der Waals surface area (Å²) in [7, 11) is 1.44. The summed E-state index contributed by atoms with van der Waals surface area (Å²) in [6.45, 7) is 1.72. The fraction of sp³-hybridized carbons (Fsp3) is 0.211. The molecule has 6 N–H and O–H groups in total. The minimum absolute atomic E-state index is 0.0475. The molecule has 3 aromatic rings. The number of nitrogens with two attached hydrogens (primary N) is 2. The second-order valence-electron chi connectivity index (χ2n) is 6.64. The lowest BCUT2D eigenvalue weighted by Gasteiger charge is -2.27. The predicted molar refractivity (Wildman–Crippen MR) is 105 cm³/mol. The van der Waals surface area contributed by atoms with Crippen LogP contribution >= 0.6 is 0 Å². The number of benzene rings is 1. The number of hydrogen-bond acceptors (Lipinski definition) is 9. The van der Waals surface area contributed by atoms with Gasteiger partial charge >= 0.3 is 0 Å². The number of aromatic nitrogens is 4. The molecule has 0 spiro atoms. The van der Waals surface area contributed by atoms with E-state index in [-0.39, 0.29) is 29.3 Å². The number of ether oxygens (including phenoxy) is 1. The van der Waals surface area contributed by atoms with Crippen LogP contribution in [0.3, 0.4) is 0 Å². The second kappa shape index (κ2) is 6.89. The van der Waals surface area contributed by atoms with Crippen molar-refractivity contribution < 1.29 is 14.6 Å². The molecule has 1 aliphatic rings. The number of fused-ring (bicyclic) bond motifs is 1. The van der Waals surface area contributed by atoms with Crippen LogP contribution in [0.15, 0.2) is 24.4 Å². The number of phenolic OH excluding ortho intramolecular Hbond substituents is 1. The van der Waals surface area contributed by atoms with Crippen molar-refractivity contribution in [2.45, 2.75) is 19.4 Å². The number of nitrogens with one attached hydrogen (secondary N) is 1. The van der Waals surface area contributed by atoms with E-state index in [1.165, 1.54) is 13.3 Å². The van der Waals surface area contributed by atoms with E-state index in [2.05, 4.69) is 25.3 Å². The number of carbonyl (C=O) groups is 1. The quantitative estimate of drug-likeness (QED) is 0.511. The summed E-state index contributed by atoms with van der Waals surface area (Å²) in [4.78, 5) is 29.5. The Hall–Kier alpha value is -3.95. The molecule has 1 unspecified atom stereocenters. The molecule has 0 saturated carbocycles. The first-order valence-electron chi connectivity index (χ1n) is 8.81. The van der Waals surface area contributed by atoms with E-state index < -0.39 is 6.04 Å². The molecule has 0 aliphatic carbocycles. The van der Waals surface area contributed by atoms with Crippen LogP contribution in [0, 0.1) is 6.92 Å². The van der Waals surface area contributed by atoms with Gasteiger partial charge in [-0.25, -0.2) is 19.9 Å². The molecule has 1 amide bonds. The van der Waals surface area contributed by atoms with Gasteiger partial charge in [0.25, 0.3) is 11.8 Å². The van der Waals surface area contributed by atoms with Crippen molar-refractivity contribution in [2.24, 2.45) is 0 Å². The summed E-state index contributed by atoms with van der Waals surface area (Å²) in [5.41, 5.74) is 14.8. The van der Waals surface area contributed by atoms with E-state index in [0.29, 0.717) is 34.6 Å². The van der Waals surface area contributed by atoms with Gasteiger partial charge < -0.3 is 26.6 Å². The van der Waals surface area contributed by atoms with Crippen molar-refractivity contribution in [2.75, 3.05) is 18.6 Å². The Morgan fingerprint density at radius 2 is 2.03 bits per heavy atom. The number of phenols is 1. The third kappa shape index (κ3) is 3.24. The zero-order valence-electron chi connectivity index (χ0n) is 15.8. The van der Waals surface area contributed by atoms with Crippen molar-refractivity contribution >= 4 is 17.7 Å². The number of aryl methyl sites for hydroxylation is 1. The first-order chi connectivity index (χ1) is 13.9. The van der Waals surface area contributed by atoms with E-state index >= 15 is 0 Å². The molecule has 3 heterocycles. The highest BCUT2D eigenvalue weighted by Gasteiger charge is 2.30. The number of methoxy groups -OCH3 is 1. The molecule has 10 nitrogen and oxygen atoms in total. The zero-order chi connectivity index (χ0) is 20.7. The summed E-state index contributed by atoms with van der Waals surface area (Å²) >= 11 is 0. The lowest BCUT2D eigenvalue weighted by molar-refractivity contribution is 0.0922. The Balaban J connectivity index is 1.82. The number of nitrogens with zero attached hydrogens (tertiary/aromatic N) is 4. The van der Waals surface area contributed by atoms with Gasteiger partial charge in [0.05, 0.1) is 42.0 Å². The van der Waals surface area contributed by atoms with E-state index in [4.69, 9.17) is 16.2 Å². The maximum Gasteiger partial charge on any atom is 0.257 e. The van der Waals surface area contributed by atoms with Crippen molar-refractivity contribution in [3.8, 4) is 22.9 Å². The van der Waals surface area contributed by atoms with Crippen LogP contribution in [0.4, 0.5) is 11.8 Å². The first-order valence-corrected chi connectivity index (χ1v) is 8.81.